The zero-order chi connectivity index (χ0) is 15.0. The van der Waals surface area contributed by atoms with Gasteiger partial charge in [-0.2, -0.15) is 0 Å². The number of hydrogen-bond donors (Lipinski definition) is 2. The van der Waals surface area contributed by atoms with E-state index < -0.39 is 17.7 Å². The molecule has 0 heterocycles. The maximum Gasteiger partial charge on any atom is 0.236 e. The van der Waals surface area contributed by atoms with Crippen molar-refractivity contribution in [2.75, 3.05) is 20.3 Å². The first-order valence-electron chi connectivity index (χ1n) is 6.48. The number of rotatable bonds is 8. The molecule has 1 unspecified atom stereocenters. The van der Waals surface area contributed by atoms with Gasteiger partial charge in [-0.15, -0.1) is 0 Å². The number of nitrogens with one attached hydrogen (secondary N) is 2. The summed E-state index contributed by atoms with van der Waals surface area (Å²) in [5, 5.41) is 5.64. The van der Waals surface area contributed by atoms with Crippen LogP contribution in [0, 0.1) is 11.6 Å². The fourth-order valence-electron chi connectivity index (χ4n) is 1.60. The van der Waals surface area contributed by atoms with Gasteiger partial charge in [-0.25, -0.2) is 8.78 Å². The molecular weight excluding hydrogens is 266 g/mol. The van der Waals surface area contributed by atoms with Gasteiger partial charge < -0.3 is 15.4 Å². The van der Waals surface area contributed by atoms with Crippen molar-refractivity contribution in [1.29, 1.82) is 0 Å². The van der Waals surface area contributed by atoms with E-state index in [9.17, 15) is 13.6 Å². The molecule has 0 aliphatic heterocycles. The molecule has 6 heteroatoms. The molecule has 4 nitrogen and oxygen atoms in total. The number of carbonyl (C=O) groups is 1. The highest BCUT2D eigenvalue weighted by Crippen LogP contribution is 2.09. The lowest BCUT2D eigenvalue weighted by Crippen LogP contribution is -2.42. The first-order valence-corrected chi connectivity index (χ1v) is 6.48. The Balaban J connectivity index is 2.34. The topological polar surface area (TPSA) is 50.4 Å². The molecule has 0 fully saturated rings. The molecule has 20 heavy (non-hydrogen) atoms. The summed E-state index contributed by atoms with van der Waals surface area (Å²) in [7, 11) is 1.60. The molecule has 0 saturated heterocycles. The minimum Gasteiger partial charge on any atom is -0.385 e. The first kappa shape index (κ1) is 16.5. The summed E-state index contributed by atoms with van der Waals surface area (Å²) >= 11 is 0. The summed E-state index contributed by atoms with van der Waals surface area (Å²) in [5.41, 5.74) is 0.324. The molecule has 0 bridgehead atoms. The lowest BCUT2D eigenvalue weighted by molar-refractivity contribution is -0.122. The zero-order valence-electron chi connectivity index (χ0n) is 11.7. The van der Waals surface area contributed by atoms with Gasteiger partial charge in [0.15, 0.2) is 0 Å². The Morgan fingerprint density at radius 3 is 2.80 bits per heavy atom. The van der Waals surface area contributed by atoms with Crippen LogP contribution >= 0.6 is 0 Å². The summed E-state index contributed by atoms with van der Waals surface area (Å²) in [6.07, 6.45) is 0.738. The second kappa shape index (κ2) is 8.60. The minimum atomic E-state index is -0.620. The molecule has 0 aliphatic carbocycles. The largest absolute Gasteiger partial charge is 0.385 e. The Bertz CT molecular complexity index is 441. The molecule has 2 N–H and O–H groups in total. The van der Waals surface area contributed by atoms with Crippen LogP contribution in [0.15, 0.2) is 18.2 Å². The van der Waals surface area contributed by atoms with Crippen LogP contribution in [-0.4, -0.2) is 32.2 Å². The Kier molecular flexibility index (Phi) is 7.11. The monoisotopic (exact) mass is 286 g/mol. The third-order valence-corrected chi connectivity index (χ3v) is 2.83. The number of methoxy groups -OCH3 is 1. The smallest absolute Gasteiger partial charge is 0.236 e. The second-order valence-corrected chi connectivity index (χ2v) is 4.48. The third-order valence-electron chi connectivity index (χ3n) is 2.83. The number of ether oxygens (including phenoxy) is 1. The van der Waals surface area contributed by atoms with Gasteiger partial charge in [0, 0.05) is 38.4 Å². The van der Waals surface area contributed by atoms with Crippen LogP contribution in [0.2, 0.25) is 0 Å². The standard InChI is InChI=1S/C14H20F2N2O2/c1-10(14(19)17-6-3-7-20-2)18-9-11-4-5-12(15)8-13(11)16/h4-5,8,10,18H,3,6-7,9H2,1-2H3,(H,17,19). The highest BCUT2D eigenvalue weighted by Gasteiger charge is 2.12. The van der Waals surface area contributed by atoms with Crippen LogP contribution in [0.1, 0.15) is 18.9 Å². The third kappa shape index (κ3) is 5.63. The maximum atomic E-state index is 13.4. The van der Waals surface area contributed by atoms with Gasteiger partial charge in [-0.3, -0.25) is 4.79 Å². The van der Waals surface area contributed by atoms with Crippen LogP contribution in [-0.2, 0) is 16.1 Å². The van der Waals surface area contributed by atoms with Crippen LogP contribution in [0.5, 0.6) is 0 Å². The van der Waals surface area contributed by atoms with Crippen molar-refractivity contribution in [1.82, 2.24) is 10.6 Å². The number of hydrogen-bond acceptors (Lipinski definition) is 3. The summed E-state index contributed by atoms with van der Waals surface area (Å²) in [5.74, 6) is -1.40. The van der Waals surface area contributed by atoms with Crippen LogP contribution in [0.25, 0.3) is 0 Å². The number of carbonyl (C=O) groups excluding carboxylic acids is 1. The van der Waals surface area contributed by atoms with Gasteiger partial charge in [-0.05, 0) is 19.4 Å². The van der Waals surface area contributed by atoms with Crippen molar-refractivity contribution in [2.45, 2.75) is 25.9 Å². The molecule has 0 spiro atoms. The summed E-state index contributed by atoms with van der Waals surface area (Å²) in [6, 6.07) is 2.92. The van der Waals surface area contributed by atoms with Gasteiger partial charge in [0.05, 0.1) is 6.04 Å². The van der Waals surface area contributed by atoms with Gasteiger partial charge >= 0.3 is 0 Å². The average Bonchev–Trinajstić information content (AvgIpc) is 2.42. The summed E-state index contributed by atoms with van der Waals surface area (Å²) in [4.78, 5) is 11.7. The fraction of sp³-hybridized carbons (Fsp3) is 0.500. The van der Waals surface area contributed by atoms with E-state index in [-0.39, 0.29) is 12.5 Å². The zero-order valence-corrected chi connectivity index (χ0v) is 11.7. The Morgan fingerprint density at radius 1 is 1.40 bits per heavy atom. The summed E-state index contributed by atoms with van der Waals surface area (Å²) in [6.45, 7) is 2.97. The molecule has 112 valence electrons. The molecule has 0 saturated carbocycles. The van der Waals surface area contributed by atoms with Crippen molar-refractivity contribution >= 4 is 5.91 Å². The molecule has 1 amide bonds. The van der Waals surface area contributed by atoms with E-state index in [4.69, 9.17) is 4.74 Å². The van der Waals surface area contributed by atoms with E-state index in [1.54, 1.807) is 14.0 Å². The van der Waals surface area contributed by atoms with E-state index >= 15 is 0 Å². The molecule has 0 aliphatic rings. The predicted octanol–water partition coefficient (Wildman–Crippen LogP) is 1.60. The average molecular weight is 286 g/mol. The molecule has 0 radical (unpaired) electrons. The Hall–Kier alpha value is -1.53. The van der Waals surface area contributed by atoms with Crippen LogP contribution in [0.3, 0.4) is 0 Å². The van der Waals surface area contributed by atoms with Crippen LogP contribution in [0.4, 0.5) is 8.78 Å². The Labute approximate surface area is 117 Å². The van der Waals surface area contributed by atoms with Crippen LogP contribution < -0.4 is 10.6 Å². The summed E-state index contributed by atoms with van der Waals surface area (Å²) < 4.78 is 31.0. The van der Waals surface area contributed by atoms with Crippen molar-refractivity contribution in [3.8, 4) is 0 Å². The predicted molar refractivity (Wildman–Crippen MR) is 72.2 cm³/mol. The molecular formula is C14H20F2N2O2. The van der Waals surface area contributed by atoms with Gasteiger partial charge in [-0.1, -0.05) is 6.07 Å². The van der Waals surface area contributed by atoms with E-state index in [2.05, 4.69) is 10.6 Å². The number of benzene rings is 1. The van der Waals surface area contributed by atoms with E-state index in [0.717, 1.165) is 12.5 Å². The van der Waals surface area contributed by atoms with Gasteiger partial charge in [0.25, 0.3) is 0 Å². The molecule has 0 aromatic heterocycles. The highest BCUT2D eigenvalue weighted by molar-refractivity contribution is 5.81. The van der Waals surface area contributed by atoms with Crippen molar-refractivity contribution in [3.05, 3.63) is 35.4 Å². The Morgan fingerprint density at radius 2 is 2.15 bits per heavy atom. The normalized spacial score (nSPS) is 12.2. The van der Waals surface area contributed by atoms with Crippen molar-refractivity contribution < 1.29 is 18.3 Å². The number of halogens is 2. The van der Waals surface area contributed by atoms with Gasteiger partial charge in [0.2, 0.25) is 5.91 Å². The second-order valence-electron chi connectivity index (χ2n) is 4.48. The maximum absolute atomic E-state index is 13.4. The van der Waals surface area contributed by atoms with E-state index in [1.165, 1.54) is 12.1 Å². The molecule has 1 aromatic carbocycles. The highest BCUT2D eigenvalue weighted by atomic mass is 19.1. The van der Waals surface area contributed by atoms with E-state index in [0.29, 0.717) is 18.7 Å². The molecule has 1 atom stereocenters. The SMILES string of the molecule is COCCCNC(=O)C(C)NCc1ccc(F)cc1F. The fourth-order valence-corrected chi connectivity index (χ4v) is 1.60. The van der Waals surface area contributed by atoms with E-state index in [1.807, 2.05) is 0 Å². The first-order chi connectivity index (χ1) is 9.54. The molecule has 1 rings (SSSR count). The lowest BCUT2D eigenvalue weighted by Gasteiger charge is -2.14. The molecule has 1 aromatic rings. The van der Waals surface area contributed by atoms with Gasteiger partial charge in [0.1, 0.15) is 11.6 Å². The lowest BCUT2D eigenvalue weighted by atomic mass is 10.2. The van der Waals surface area contributed by atoms with Crippen molar-refractivity contribution in [3.63, 3.8) is 0 Å². The minimum absolute atomic E-state index is 0.163. The number of amides is 1. The van der Waals surface area contributed by atoms with Crippen molar-refractivity contribution in [2.24, 2.45) is 0 Å². The quantitative estimate of drug-likeness (QED) is 0.714.